The number of hydrogen-bond acceptors (Lipinski definition) is 4. The third-order valence-corrected chi connectivity index (χ3v) is 4.20. The lowest BCUT2D eigenvalue weighted by molar-refractivity contribution is -0.181. The minimum Gasteiger partial charge on any atom is -0.481 e. The van der Waals surface area contributed by atoms with Gasteiger partial charge in [0, 0.05) is 33.2 Å². The van der Waals surface area contributed by atoms with E-state index < -0.39 is 12.2 Å². The minimum atomic E-state index is -4.25. The summed E-state index contributed by atoms with van der Waals surface area (Å²) in [4.78, 5) is 15.5. The van der Waals surface area contributed by atoms with E-state index in [4.69, 9.17) is 4.74 Å². The molecule has 2 rings (SSSR count). The molecule has 0 bridgehead atoms. The number of aryl methyl sites for hydroxylation is 2. The largest absolute Gasteiger partial charge is 0.481 e. The normalized spacial score (nSPS) is 18.1. The Morgan fingerprint density at radius 2 is 1.83 bits per heavy atom. The summed E-state index contributed by atoms with van der Waals surface area (Å²) in [6.45, 7) is 3.72. The summed E-state index contributed by atoms with van der Waals surface area (Å²) < 4.78 is 45.0. The van der Waals surface area contributed by atoms with Gasteiger partial charge in [-0.25, -0.2) is 4.68 Å². The third-order valence-electron chi connectivity index (χ3n) is 4.20. The van der Waals surface area contributed by atoms with Crippen molar-refractivity contribution in [3.05, 3.63) is 11.3 Å². The molecule has 23 heavy (non-hydrogen) atoms. The van der Waals surface area contributed by atoms with Crippen LogP contribution in [0.3, 0.4) is 0 Å². The first kappa shape index (κ1) is 17.6. The molecule has 0 unspecified atom stereocenters. The average Bonchev–Trinajstić information content (AvgIpc) is 2.78. The standard InChI is InChI=1S/C14H21F3N4O2/c1-9-11(13(23-4)19(3)18-9)12(22)21-7-5-20(6-8-21)10(2)14(15,16)17/h10H,5-8H2,1-4H3/t10-/m0/s1. The number of halogens is 3. The molecule has 0 aromatic carbocycles. The Balaban J connectivity index is 2.08. The third kappa shape index (κ3) is 3.44. The van der Waals surface area contributed by atoms with Crippen LogP contribution in [-0.4, -0.2) is 71.0 Å². The van der Waals surface area contributed by atoms with Crippen molar-refractivity contribution in [1.29, 1.82) is 0 Å². The van der Waals surface area contributed by atoms with Crippen molar-refractivity contribution in [2.75, 3.05) is 33.3 Å². The first-order chi connectivity index (χ1) is 10.7. The number of rotatable bonds is 3. The second-order valence-electron chi connectivity index (χ2n) is 5.64. The fraction of sp³-hybridized carbons (Fsp3) is 0.714. The first-order valence-electron chi connectivity index (χ1n) is 7.34. The Bertz CT molecular complexity index is 577. The van der Waals surface area contributed by atoms with Gasteiger partial charge in [-0.1, -0.05) is 0 Å². The van der Waals surface area contributed by atoms with Gasteiger partial charge in [-0.3, -0.25) is 9.69 Å². The quantitative estimate of drug-likeness (QED) is 0.839. The number of amides is 1. The van der Waals surface area contributed by atoms with Crippen LogP contribution in [0.2, 0.25) is 0 Å². The van der Waals surface area contributed by atoms with E-state index in [0.717, 1.165) is 6.92 Å². The Hall–Kier alpha value is -1.77. The van der Waals surface area contributed by atoms with Gasteiger partial charge in [0.05, 0.1) is 12.8 Å². The molecule has 0 saturated carbocycles. The monoisotopic (exact) mass is 334 g/mol. The molecule has 1 amide bonds. The fourth-order valence-corrected chi connectivity index (χ4v) is 2.79. The molecule has 0 spiro atoms. The van der Waals surface area contributed by atoms with Gasteiger partial charge >= 0.3 is 6.18 Å². The number of alkyl halides is 3. The summed E-state index contributed by atoms with van der Waals surface area (Å²) in [5.74, 6) is 0.102. The summed E-state index contributed by atoms with van der Waals surface area (Å²) in [5, 5.41) is 4.16. The van der Waals surface area contributed by atoms with Crippen LogP contribution in [0, 0.1) is 6.92 Å². The van der Waals surface area contributed by atoms with E-state index in [9.17, 15) is 18.0 Å². The highest BCUT2D eigenvalue weighted by molar-refractivity contribution is 5.97. The molecule has 2 heterocycles. The topological polar surface area (TPSA) is 50.6 Å². The van der Waals surface area contributed by atoms with Crippen LogP contribution in [0.25, 0.3) is 0 Å². The molecular formula is C14H21F3N4O2. The summed E-state index contributed by atoms with van der Waals surface area (Å²) in [5.41, 5.74) is 0.910. The second-order valence-corrected chi connectivity index (χ2v) is 5.64. The molecule has 1 aliphatic heterocycles. The summed E-state index contributed by atoms with van der Waals surface area (Å²) >= 11 is 0. The second kappa shape index (κ2) is 6.38. The van der Waals surface area contributed by atoms with Gasteiger partial charge in [-0.15, -0.1) is 0 Å². The lowest BCUT2D eigenvalue weighted by atomic mass is 10.1. The number of piperazine rings is 1. The lowest BCUT2D eigenvalue weighted by Crippen LogP contribution is -2.54. The molecule has 1 atom stereocenters. The number of nitrogens with zero attached hydrogens (tertiary/aromatic N) is 4. The van der Waals surface area contributed by atoms with Crippen LogP contribution in [0.15, 0.2) is 0 Å². The van der Waals surface area contributed by atoms with Crippen LogP contribution >= 0.6 is 0 Å². The molecule has 1 aromatic heterocycles. The Labute approximate surface area is 132 Å². The number of hydrogen-bond donors (Lipinski definition) is 0. The van der Waals surface area contributed by atoms with Gasteiger partial charge in [0.25, 0.3) is 5.91 Å². The molecule has 0 N–H and O–H groups in total. The van der Waals surface area contributed by atoms with E-state index >= 15 is 0 Å². The van der Waals surface area contributed by atoms with Gasteiger partial charge < -0.3 is 9.64 Å². The van der Waals surface area contributed by atoms with Gasteiger partial charge in [0.2, 0.25) is 5.88 Å². The van der Waals surface area contributed by atoms with Crippen molar-refractivity contribution in [3.8, 4) is 5.88 Å². The molecule has 0 aliphatic carbocycles. The highest BCUT2D eigenvalue weighted by Crippen LogP contribution is 2.27. The highest BCUT2D eigenvalue weighted by Gasteiger charge is 2.41. The molecule has 1 aliphatic rings. The highest BCUT2D eigenvalue weighted by atomic mass is 19.4. The predicted molar refractivity (Wildman–Crippen MR) is 77.5 cm³/mol. The lowest BCUT2D eigenvalue weighted by Gasteiger charge is -2.38. The molecule has 9 heteroatoms. The summed E-state index contributed by atoms with van der Waals surface area (Å²) in [6.07, 6.45) is -4.25. The van der Waals surface area contributed by atoms with Gasteiger partial charge in [-0.05, 0) is 13.8 Å². The maximum Gasteiger partial charge on any atom is 0.403 e. The first-order valence-corrected chi connectivity index (χ1v) is 7.34. The number of carbonyl (C=O) groups excluding carboxylic acids is 1. The molecule has 1 saturated heterocycles. The Kier molecular flexibility index (Phi) is 4.88. The van der Waals surface area contributed by atoms with Crippen LogP contribution in [0.4, 0.5) is 13.2 Å². The number of ether oxygens (including phenoxy) is 1. The van der Waals surface area contributed by atoms with E-state index in [1.807, 2.05) is 0 Å². The van der Waals surface area contributed by atoms with Crippen molar-refractivity contribution in [2.24, 2.45) is 7.05 Å². The van der Waals surface area contributed by atoms with Gasteiger partial charge in [0.1, 0.15) is 11.6 Å². The molecule has 1 aromatic rings. The smallest absolute Gasteiger partial charge is 0.403 e. The zero-order valence-electron chi connectivity index (χ0n) is 13.6. The SMILES string of the molecule is COc1c(C(=O)N2CCN([C@@H](C)C(F)(F)F)CC2)c(C)nn1C. The van der Waals surface area contributed by atoms with Gasteiger partial charge in [-0.2, -0.15) is 18.3 Å². The fourth-order valence-electron chi connectivity index (χ4n) is 2.79. The Morgan fingerprint density at radius 1 is 1.26 bits per heavy atom. The maximum atomic E-state index is 12.8. The minimum absolute atomic E-state index is 0.189. The van der Waals surface area contributed by atoms with Crippen LogP contribution < -0.4 is 4.74 Å². The van der Waals surface area contributed by atoms with Crippen molar-refractivity contribution in [1.82, 2.24) is 19.6 Å². The number of methoxy groups -OCH3 is 1. The van der Waals surface area contributed by atoms with E-state index in [0.29, 0.717) is 17.1 Å². The van der Waals surface area contributed by atoms with Crippen LogP contribution in [-0.2, 0) is 7.05 Å². The molecule has 6 nitrogen and oxygen atoms in total. The van der Waals surface area contributed by atoms with Crippen molar-refractivity contribution in [2.45, 2.75) is 26.1 Å². The van der Waals surface area contributed by atoms with Crippen LogP contribution in [0.1, 0.15) is 23.0 Å². The summed E-state index contributed by atoms with van der Waals surface area (Å²) in [7, 11) is 3.13. The maximum absolute atomic E-state index is 12.8. The number of aromatic nitrogens is 2. The summed E-state index contributed by atoms with van der Waals surface area (Å²) in [6, 6.07) is -1.51. The van der Waals surface area contributed by atoms with Crippen molar-refractivity contribution < 1.29 is 22.7 Å². The van der Waals surface area contributed by atoms with E-state index in [-0.39, 0.29) is 32.1 Å². The zero-order chi connectivity index (χ0) is 17.4. The Morgan fingerprint density at radius 3 is 2.30 bits per heavy atom. The van der Waals surface area contributed by atoms with E-state index in [1.165, 1.54) is 16.7 Å². The van der Waals surface area contributed by atoms with Crippen LogP contribution in [0.5, 0.6) is 5.88 Å². The van der Waals surface area contributed by atoms with Gasteiger partial charge in [0.15, 0.2) is 0 Å². The number of carbonyl (C=O) groups is 1. The van der Waals surface area contributed by atoms with E-state index in [2.05, 4.69) is 5.10 Å². The molecular weight excluding hydrogens is 313 g/mol. The zero-order valence-corrected chi connectivity index (χ0v) is 13.6. The van der Waals surface area contributed by atoms with E-state index in [1.54, 1.807) is 18.9 Å². The predicted octanol–water partition coefficient (Wildman–Crippen LogP) is 1.45. The molecule has 130 valence electrons. The molecule has 0 radical (unpaired) electrons. The van der Waals surface area contributed by atoms with Crippen molar-refractivity contribution in [3.63, 3.8) is 0 Å². The average molecular weight is 334 g/mol. The van der Waals surface area contributed by atoms with Crippen molar-refractivity contribution >= 4 is 5.91 Å². The molecule has 1 fully saturated rings.